The number of aromatic nitrogens is 2. The molecule has 1 aromatic heterocycles. The molecule has 0 fully saturated rings. The van der Waals surface area contributed by atoms with Crippen LogP contribution in [0.2, 0.25) is 0 Å². The molecule has 0 saturated carbocycles. The molecule has 0 aliphatic carbocycles. The molecular weight excluding hydrogens is 194 g/mol. The van der Waals surface area contributed by atoms with Gasteiger partial charge in [-0.15, -0.1) is 0 Å². The first-order valence-electron chi connectivity index (χ1n) is 5.14. The van der Waals surface area contributed by atoms with Gasteiger partial charge in [-0.1, -0.05) is 6.42 Å². The Morgan fingerprint density at radius 1 is 1.47 bits per heavy atom. The summed E-state index contributed by atoms with van der Waals surface area (Å²) in [5.41, 5.74) is 5.89. The Balaban J connectivity index is 2.26. The van der Waals surface area contributed by atoms with E-state index >= 15 is 0 Å². The van der Waals surface area contributed by atoms with Crippen molar-refractivity contribution in [2.75, 3.05) is 0 Å². The minimum absolute atomic E-state index is 0.0672. The molecule has 1 aromatic rings. The van der Waals surface area contributed by atoms with Gasteiger partial charge >= 0.3 is 5.69 Å². The van der Waals surface area contributed by atoms with Gasteiger partial charge in [0.2, 0.25) is 5.91 Å². The third-order valence-electron chi connectivity index (χ3n) is 2.38. The molecule has 3 N–H and O–H groups in total. The zero-order valence-corrected chi connectivity index (χ0v) is 8.95. The Bertz CT molecular complexity index is 378. The molecule has 15 heavy (non-hydrogen) atoms. The van der Waals surface area contributed by atoms with Gasteiger partial charge in [0.25, 0.3) is 0 Å². The number of hydrogen-bond acceptors (Lipinski definition) is 2. The van der Waals surface area contributed by atoms with Crippen molar-refractivity contribution in [1.82, 2.24) is 9.55 Å². The number of carbonyl (C=O) groups excluding carboxylic acids is 1. The van der Waals surface area contributed by atoms with Gasteiger partial charge in [0.1, 0.15) is 0 Å². The maximum Gasteiger partial charge on any atom is 0.325 e. The van der Waals surface area contributed by atoms with Crippen molar-refractivity contribution >= 4 is 5.91 Å². The second kappa shape index (κ2) is 5.38. The number of aryl methyl sites for hydroxylation is 1. The van der Waals surface area contributed by atoms with Gasteiger partial charge in [-0.2, -0.15) is 0 Å². The summed E-state index contributed by atoms with van der Waals surface area (Å²) in [6, 6.07) is 0. The highest BCUT2D eigenvalue weighted by molar-refractivity contribution is 5.73. The summed E-state index contributed by atoms with van der Waals surface area (Å²) in [6.45, 7) is 2.59. The summed E-state index contributed by atoms with van der Waals surface area (Å²) >= 11 is 0. The van der Waals surface area contributed by atoms with Gasteiger partial charge < -0.3 is 10.7 Å². The van der Waals surface area contributed by atoms with Crippen LogP contribution in [-0.4, -0.2) is 15.5 Å². The van der Waals surface area contributed by atoms with Crippen LogP contribution in [0.1, 0.15) is 31.4 Å². The smallest absolute Gasteiger partial charge is 0.325 e. The normalized spacial score (nSPS) is 10.5. The number of unbranched alkanes of at least 4 members (excludes halogenated alkanes) is 2. The summed E-state index contributed by atoms with van der Waals surface area (Å²) in [7, 11) is 0. The van der Waals surface area contributed by atoms with E-state index in [1.807, 2.05) is 6.92 Å². The molecule has 0 bridgehead atoms. The van der Waals surface area contributed by atoms with Crippen molar-refractivity contribution in [2.24, 2.45) is 5.73 Å². The summed E-state index contributed by atoms with van der Waals surface area (Å²) in [5, 5.41) is 0. The monoisotopic (exact) mass is 211 g/mol. The van der Waals surface area contributed by atoms with E-state index in [4.69, 9.17) is 5.73 Å². The highest BCUT2D eigenvalue weighted by Crippen LogP contribution is 2.02. The lowest BCUT2D eigenvalue weighted by molar-refractivity contribution is -0.118. The van der Waals surface area contributed by atoms with E-state index in [1.54, 1.807) is 10.8 Å². The average molecular weight is 211 g/mol. The standard InChI is InChI=1S/C10H17N3O2/c1-8-7-12-10(15)13(8)6-4-2-3-5-9(11)14/h7H,2-6H2,1H3,(H2,11,14)(H,12,15). The van der Waals surface area contributed by atoms with Crippen molar-refractivity contribution in [3.63, 3.8) is 0 Å². The predicted octanol–water partition coefficient (Wildman–Crippen LogP) is 0.531. The van der Waals surface area contributed by atoms with Crippen LogP contribution in [0.3, 0.4) is 0 Å². The summed E-state index contributed by atoms with van der Waals surface area (Å²) in [5.74, 6) is -0.259. The van der Waals surface area contributed by atoms with E-state index in [-0.39, 0.29) is 11.6 Å². The molecule has 5 heteroatoms. The lowest BCUT2D eigenvalue weighted by Crippen LogP contribution is -2.18. The Morgan fingerprint density at radius 3 is 2.73 bits per heavy atom. The molecule has 1 rings (SSSR count). The lowest BCUT2D eigenvalue weighted by atomic mass is 10.2. The molecule has 0 atom stereocenters. The first kappa shape index (κ1) is 11.6. The quantitative estimate of drug-likeness (QED) is 0.673. The summed E-state index contributed by atoms with van der Waals surface area (Å²) in [4.78, 5) is 24.3. The second-order valence-electron chi connectivity index (χ2n) is 3.66. The molecule has 0 radical (unpaired) electrons. The number of imidazole rings is 1. The molecule has 5 nitrogen and oxygen atoms in total. The highest BCUT2D eigenvalue weighted by atomic mass is 16.1. The Morgan fingerprint density at radius 2 is 2.20 bits per heavy atom. The molecule has 0 aliphatic heterocycles. The lowest BCUT2D eigenvalue weighted by Gasteiger charge is -2.03. The van der Waals surface area contributed by atoms with E-state index in [2.05, 4.69) is 4.98 Å². The fourth-order valence-corrected chi connectivity index (χ4v) is 1.51. The maximum absolute atomic E-state index is 11.2. The van der Waals surface area contributed by atoms with Crippen molar-refractivity contribution < 1.29 is 4.79 Å². The van der Waals surface area contributed by atoms with Gasteiger partial charge in [-0.25, -0.2) is 4.79 Å². The SMILES string of the molecule is Cc1c[nH]c(=O)n1CCCCCC(N)=O. The van der Waals surface area contributed by atoms with Gasteiger partial charge in [0, 0.05) is 24.9 Å². The Kier molecular flexibility index (Phi) is 4.15. The van der Waals surface area contributed by atoms with Crippen LogP contribution < -0.4 is 11.4 Å². The van der Waals surface area contributed by atoms with Crippen LogP contribution in [0.15, 0.2) is 11.0 Å². The number of amides is 1. The third-order valence-corrected chi connectivity index (χ3v) is 2.38. The number of nitrogens with zero attached hydrogens (tertiary/aromatic N) is 1. The topological polar surface area (TPSA) is 80.9 Å². The Hall–Kier alpha value is -1.52. The molecule has 0 aromatic carbocycles. The van der Waals surface area contributed by atoms with Crippen LogP contribution in [-0.2, 0) is 11.3 Å². The average Bonchev–Trinajstić information content (AvgIpc) is 2.47. The minimum Gasteiger partial charge on any atom is -0.370 e. The number of primary amides is 1. The highest BCUT2D eigenvalue weighted by Gasteiger charge is 2.01. The molecule has 0 saturated heterocycles. The fraction of sp³-hybridized carbons (Fsp3) is 0.600. The van der Waals surface area contributed by atoms with Crippen LogP contribution in [0.5, 0.6) is 0 Å². The van der Waals surface area contributed by atoms with Gasteiger partial charge in [-0.05, 0) is 19.8 Å². The molecule has 0 spiro atoms. The largest absolute Gasteiger partial charge is 0.370 e. The van der Waals surface area contributed by atoms with Crippen LogP contribution in [0.4, 0.5) is 0 Å². The Labute approximate surface area is 88.3 Å². The zero-order chi connectivity index (χ0) is 11.3. The molecule has 0 aliphatic rings. The number of rotatable bonds is 6. The summed E-state index contributed by atoms with van der Waals surface area (Å²) < 4.78 is 1.70. The van der Waals surface area contributed by atoms with Gasteiger partial charge in [0.15, 0.2) is 0 Å². The van der Waals surface area contributed by atoms with Crippen molar-refractivity contribution in [3.8, 4) is 0 Å². The molecule has 0 unspecified atom stereocenters. The third kappa shape index (κ3) is 3.61. The van der Waals surface area contributed by atoms with E-state index in [1.165, 1.54) is 0 Å². The summed E-state index contributed by atoms with van der Waals surface area (Å²) in [6.07, 6.45) is 4.74. The minimum atomic E-state index is -0.259. The van der Waals surface area contributed by atoms with Crippen molar-refractivity contribution in [1.29, 1.82) is 0 Å². The molecule has 1 heterocycles. The van der Waals surface area contributed by atoms with Crippen LogP contribution in [0.25, 0.3) is 0 Å². The maximum atomic E-state index is 11.2. The van der Waals surface area contributed by atoms with Crippen molar-refractivity contribution in [3.05, 3.63) is 22.4 Å². The number of aromatic amines is 1. The number of carbonyl (C=O) groups is 1. The molecular formula is C10H17N3O2. The first-order chi connectivity index (χ1) is 7.11. The zero-order valence-electron chi connectivity index (χ0n) is 8.95. The number of nitrogens with two attached hydrogens (primary N) is 1. The fourth-order valence-electron chi connectivity index (χ4n) is 1.51. The van der Waals surface area contributed by atoms with Crippen LogP contribution in [0, 0.1) is 6.92 Å². The van der Waals surface area contributed by atoms with E-state index in [0.717, 1.165) is 25.0 Å². The van der Waals surface area contributed by atoms with E-state index < -0.39 is 0 Å². The molecule has 84 valence electrons. The number of hydrogen-bond donors (Lipinski definition) is 2. The van der Waals surface area contributed by atoms with Gasteiger partial charge in [-0.3, -0.25) is 9.36 Å². The van der Waals surface area contributed by atoms with Gasteiger partial charge in [0.05, 0.1) is 0 Å². The van der Waals surface area contributed by atoms with E-state index in [9.17, 15) is 9.59 Å². The molecule has 1 amide bonds. The predicted molar refractivity (Wildman–Crippen MR) is 57.5 cm³/mol. The first-order valence-corrected chi connectivity index (χ1v) is 5.14. The van der Waals surface area contributed by atoms with Crippen LogP contribution >= 0.6 is 0 Å². The van der Waals surface area contributed by atoms with Crippen molar-refractivity contribution in [2.45, 2.75) is 39.2 Å². The van der Waals surface area contributed by atoms with E-state index in [0.29, 0.717) is 13.0 Å². The number of nitrogens with one attached hydrogen (secondary N) is 1. The second-order valence-corrected chi connectivity index (χ2v) is 3.66. The number of H-pyrrole nitrogens is 1.